The van der Waals surface area contributed by atoms with E-state index in [1.807, 2.05) is 0 Å². The van der Waals surface area contributed by atoms with Crippen molar-refractivity contribution in [3.63, 3.8) is 0 Å². The molecule has 1 aliphatic rings. The predicted octanol–water partition coefficient (Wildman–Crippen LogP) is -0.0554. The highest BCUT2D eigenvalue weighted by Crippen LogP contribution is 2.21. The molecule has 7 heteroatoms. The smallest absolute Gasteiger partial charge is 0.186 e. The van der Waals surface area contributed by atoms with Crippen molar-refractivity contribution in [1.29, 1.82) is 0 Å². The van der Waals surface area contributed by atoms with Gasteiger partial charge in [-0.05, 0) is 12.8 Å². The number of ether oxygens (including phenoxy) is 1. The van der Waals surface area contributed by atoms with Gasteiger partial charge in [0.15, 0.2) is 9.84 Å². The number of nitrogens with two attached hydrogens (primary N) is 1. The van der Waals surface area contributed by atoms with Gasteiger partial charge in [-0.1, -0.05) is 0 Å². The molecule has 15 heavy (non-hydrogen) atoms. The molecule has 1 aromatic heterocycles. The summed E-state index contributed by atoms with van der Waals surface area (Å²) in [4.78, 5) is 0.0676. The normalized spacial score (nSPS) is 22.0. The number of aromatic nitrogens is 2. The van der Waals surface area contributed by atoms with Crippen molar-refractivity contribution in [2.45, 2.75) is 23.8 Å². The van der Waals surface area contributed by atoms with Crippen LogP contribution in [-0.4, -0.2) is 37.1 Å². The Morgan fingerprint density at radius 1 is 1.67 bits per heavy atom. The molecule has 0 radical (unpaired) electrons. The van der Waals surface area contributed by atoms with E-state index in [4.69, 9.17) is 10.5 Å². The number of hydrogen-bond donors (Lipinski definition) is 2. The van der Waals surface area contributed by atoms with Crippen molar-refractivity contribution >= 4 is 15.7 Å². The van der Waals surface area contributed by atoms with Crippen LogP contribution < -0.4 is 5.73 Å². The first kappa shape index (κ1) is 10.4. The third kappa shape index (κ3) is 2.13. The number of anilines is 1. The first-order chi connectivity index (χ1) is 7.09. The minimum Gasteiger partial charge on any atom is -0.383 e. The van der Waals surface area contributed by atoms with E-state index < -0.39 is 9.84 Å². The molecule has 0 saturated carbocycles. The molecule has 2 heterocycles. The summed E-state index contributed by atoms with van der Waals surface area (Å²) in [5.41, 5.74) is 5.46. The van der Waals surface area contributed by atoms with Crippen molar-refractivity contribution in [2.24, 2.45) is 0 Å². The SMILES string of the molecule is Nc1[nH]ncc1S(=O)(=O)CC1CCCO1. The Bertz CT molecular complexity index is 434. The largest absolute Gasteiger partial charge is 0.383 e. The summed E-state index contributed by atoms with van der Waals surface area (Å²) >= 11 is 0. The molecule has 1 aliphatic heterocycles. The second-order valence-electron chi connectivity index (χ2n) is 3.56. The summed E-state index contributed by atoms with van der Waals surface area (Å²) in [5, 5.41) is 6.00. The highest BCUT2D eigenvalue weighted by molar-refractivity contribution is 7.91. The fourth-order valence-corrected chi connectivity index (χ4v) is 3.17. The van der Waals surface area contributed by atoms with E-state index in [9.17, 15) is 8.42 Å². The fourth-order valence-electron chi connectivity index (χ4n) is 1.64. The summed E-state index contributed by atoms with van der Waals surface area (Å²) < 4.78 is 29.0. The summed E-state index contributed by atoms with van der Waals surface area (Å²) in [6, 6.07) is 0. The Labute approximate surface area is 87.7 Å². The zero-order valence-electron chi connectivity index (χ0n) is 8.14. The van der Waals surface area contributed by atoms with Gasteiger partial charge in [0, 0.05) is 6.61 Å². The highest BCUT2D eigenvalue weighted by Gasteiger charge is 2.27. The van der Waals surface area contributed by atoms with Crippen LogP contribution in [0.15, 0.2) is 11.1 Å². The highest BCUT2D eigenvalue weighted by atomic mass is 32.2. The van der Waals surface area contributed by atoms with E-state index >= 15 is 0 Å². The third-order valence-electron chi connectivity index (χ3n) is 2.40. The zero-order chi connectivity index (χ0) is 10.9. The lowest BCUT2D eigenvalue weighted by molar-refractivity contribution is 0.127. The maximum absolute atomic E-state index is 11.9. The Hall–Kier alpha value is -1.08. The molecule has 84 valence electrons. The summed E-state index contributed by atoms with van der Waals surface area (Å²) in [6.45, 7) is 0.640. The van der Waals surface area contributed by atoms with Gasteiger partial charge in [0.05, 0.1) is 18.1 Å². The molecule has 1 fully saturated rings. The first-order valence-corrected chi connectivity index (χ1v) is 6.38. The molecule has 0 aliphatic carbocycles. The van der Waals surface area contributed by atoms with E-state index in [-0.39, 0.29) is 22.6 Å². The van der Waals surface area contributed by atoms with Crippen LogP contribution >= 0.6 is 0 Å². The van der Waals surface area contributed by atoms with Gasteiger partial charge in [0.2, 0.25) is 0 Å². The number of nitrogens with one attached hydrogen (secondary N) is 1. The van der Waals surface area contributed by atoms with E-state index in [1.165, 1.54) is 6.20 Å². The number of H-pyrrole nitrogens is 1. The van der Waals surface area contributed by atoms with E-state index in [0.717, 1.165) is 12.8 Å². The minimum atomic E-state index is -3.37. The number of nitrogens with zero attached hydrogens (tertiary/aromatic N) is 1. The molecule has 2 rings (SSSR count). The molecular weight excluding hydrogens is 218 g/mol. The molecule has 6 nitrogen and oxygen atoms in total. The molecule has 1 atom stereocenters. The quantitative estimate of drug-likeness (QED) is 0.759. The average Bonchev–Trinajstić information content (AvgIpc) is 2.75. The van der Waals surface area contributed by atoms with Crippen LogP contribution in [0.4, 0.5) is 5.82 Å². The van der Waals surface area contributed by atoms with Gasteiger partial charge >= 0.3 is 0 Å². The second kappa shape index (κ2) is 3.82. The van der Waals surface area contributed by atoms with Gasteiger partial charge in [-0.25, -0.2) is 8.42 Å². The standard InChI is InChI=1S/C8H13N3O3S/c9-8-7(4-10-11-8)15(12,13)5-6-2-1-3-14-6/h4,6H,1-3,5H2,(H3,9,10,11). The van der Waals surface area contributed by atoms with Crippen molar-refractivity contribution < 1.29 is 13.2 Å². The fraction of sp³-hybridized carbons (Fsp3) is 0.625. The van der Waals surface area contributed by atoms with E-state index in [2.05, 4.69) is 10.2 Å². The van der Waals surface area contributed by atoms with Crippen LogP contribution in [0.2, 0.25) is 0 Å². The summed E-state index contributed by atoms with van der Waals surface area (Å²) in [7, 11) is -3.37. The van der Waals surface area contributed by atoms with Crippen LogP contribution in [0.5, 0.6) is 0 Å². The Kier molecular flexibility index (Phi) is 2.66. The molecule has 0 aromatic carbocycles. The van der Waals surface area contributed by atoms with Crippen LogP contribution in [0.25, 0.3) is 0 Å². The molecule has 0 bridgehead atoms. The number of hydrogen-bond acceptors (Lipinski definition) is 5. The third-order valence-corrected chi connectivity index (χ3v) is 4.20. The van der Waals surface area contributed by atoms with Crippen LogP contribution in [0.3, 0.4) is 0 Å². The second-order valence-corrected chi connectivity index (χ2v) is 5.57. The summed E-state index contributed by atoms with van der Waals surface area (Å²) in [5.74, 6) is 0.0736. The Morgan fingerprint density at radius 2 is 2.47 bits per heavy atom. The summed E-state index contributed by atoms with van der Waals surface area (Å²) in [6.07, 6.45) is 2.74. The Balaban J connectivity index is 2.16. The van der Waals surface area contributed by atoms with Gasteiger partial charge in [0.25, 0.3) is 0 Å². The maximum Gasteiger partial charge on any atom is 0.186 e. The molecule has 3 N–H and O–H groups in total. The number of sulfone groups is 1. The molecule has 1 saturated heterocycles. The van der Waals surface area contributed by atoms with Gasteiger partial charge in [0.1, 0.15) is 10.7 Å². The van der Waals surface area contributed by atoms with Crippen molar-refractivity contribution in [3.8, 4) is 0 Å². The Morgan fingerprint density at radius 3 is 3.00 bits per heavy atom. The van der Waals surface area contributed by atoms with Crippen molar-refractivity contribution in [1.82, 2.24) is 10.2 Å². The van der Waals surface area contributed by atoms with Crippen molar-refractivity contribution in [2.75, 3.05) is 18.1 Å². The lowest BCUT2D eigenvalue weighted by Crippen LogP contribution is -2.20. The molecule has 0 spiro atoms. The predicted molar refractivity (Wildman–Crippen MR) is 54.0 cm³/mol. The van der Waals surface area contributed by atoms with E-state index in [0.29, 0.717) is 6.61 Å². The van der Waals surface area contributed by atoms with Gasteiger partial charge < -0.3 is 10.5 Å². The average molecular weight is 231 g/mol. The maximum atomic E-state index is 11.9. The van der Waals surface area contributed by atoms with E-state index in [1.54, 1.807) is 0 Å². The molecule has 1 aromatic rings. The molecule has 0 amide bonds. The first-order valence-electron chi connectivity index (χ1n) is 4.73. The lowest BCUT2D eigenvalue weighted by atomic mass is 10.3. The van der Waals surface area contributed by atoms with Gasteiger partial charge in [-0.2, -0.15) is 5.10 Å². The molecular formula is C8H13N3O3S. The van der Waals surface area contributed by atoms with Crippen LogP contribution in [-0.2, 0) is 14.6 Å². The monoisotopic (exact) mass is 231 g/mol. The minimum absolute atomic E-state index is 0.0171. The molecule has 1 unspecified atom stereocenters. The van der Waals surface area contributed by atoms with Crippen LogP contribution in [0.1, 0.15) is 12.8 Å². The number of aromatic amines is 1. The number of nitrogen functional groups attached to an aromatic ring is 1. The zero-order valence-corrected chi connectivity index (χ0v) is 8.96. The van der Waals surface area contributed by atoms with Gasteiger partial charge in [-0.15, -0.1) is 0 Å². The van der Waals surface area contributed by atoms with Crippen molar-refractivity contribution in [3.05, 3.63) is 6.20 Å². The van der Waals surface area contributed by atoms with Gasteiger partial charge in [-0.3, -0.25) is 5.10 Å². The lowest BCUT2D eigenvalue weighted by Gasteiger charge is -2.08. The topological polar surface area (TPSA) is 98.1 Å². The number of rotatable bonds is 3. The van der Waals surface area contributed by atoms with Crippen LogP contribution in [0, 0.1) is 0 Å².